The number of nitrogens with zero attached hydrogens (tertiary/aromatic N) is 3. The zero-order valence-corrected chi connectivity index (χ0v) is 16.0. The highest BCUT2D eigenvalue weighted by atomic mass is 19.1. The molecule has 150 valence electrons. The minimum Gasteiger partial charge on any atom is -0.365 e. The summed E-state index contributed by atoms with van der Waals surface area (Å²) in [6.07, 6.45) is 2.05. The lowest BCUT2D eigenvalue weighted by molar-refractivity contribution is 0.575. The third-order valence-corrected chi connectivity index (χ3v) is 4.91. The Morgan fingerprint density at radius 3 is 2.62 bits per heavy atom. The van der Waals surface area contributed by atoms with Crippen molar-refractivity contribution < 1.29 is 8.78 Å². The number of halogens is 2. The topological polar surface area (TPSA) is 79.9 Å². The SMILES string of the molecule is CCCN(CCN)c1c(F)cc2c(ncc3c(=O)n(-c4ccccc4)[nH]c32)c1F. The fraction of sp³-hybridized carbons (Fsp3) is 0.238. The number of rotatable bonds is 6. The Kier molecular flexibility index (Phi) is 5.02. The van der Waals surface area contributed by atoms with Crippen LogP contribution in [0.15, 0.2) is 47.4 Å². The van der Waals surface area contributed by atoms with E-state index in [1.807, 2.05) is 13.0 Å². The maximum Gasteiger partial charge on any atom is 0.280 e. The van der Waals surface area contributed by atoms with Crippen LogP contribution in [0.1, 0.15) is 13.3 Å². The van der Waals surface area contributed by atoms with E-state index in [2.05, 4.69) is 10.1 Å². The average molecular weight is 397 g/mol. The van der Waals surface area contributed by atoms with E-state index in [4.69, 9.17) is 5.73 Å². The number of para-hydroxylation sites is 1. The van der Waals surface area contributed by atoms with Crippen LogP contribution in [0.5, 0.6) is 0 Å². The first-order chi connectivity index (χ1) is 14.1. The van der Waals surface area contributed by atoms with Crippen LogP contribution in [-0.2, 0) is 0 Å². The highest BCUT2D eigenvalue weighted by Gasteiger charge is 2.22. The summed E-state index contributed by atoms with van der Waals surface area (Å²) < 4.78 is 31.6. The number of aromatic amines is 1. The molecule has 0 aliphatic heterocycles. The molecule has 0 unspecified atom stereocenters. The van der Waals surface area contributed by atoms with E-state index in [0.717, 1.165) is 6.42 Å². The normalized spacial score (nSPS) is 11.4. The molecule has 0 bridgehead atoms. The van der Waals surface area contributed by atoms with Gasteiger partial charge in [-0.05, 0) is 24.6 Å². The minimum atomic E-state index is -0.753. The number of benzene rings is 2. The Morgan fingerprint density at radius 2 is 1.93 bits per heavy atom. The van der Waals surface area contributed by atoms with Gasteiger partial charge in [-0.25, -0.2) is 13.5 Å². The van der Waals surface area contributed by atoms with Crippen molar-refractivity contribution in [2.24, 2.45) is 5.73 Å². The number of H-pyrrole nitrogens is 1. The second-order valence-electron chi connectivity index (χ2n) is 6.83. The van der Waals surface area contributed by atoms with Crippen LogP contribution in [0.2, 0.25) is 0 Å². The van der Waals surface area contributed by atoms with Gasteiger partial charge in [0.2, 0.25) is 0 Å². The predicted octanol–water partition coefficient (Wildman–Crippen LogP) is 3.32. The molecule has 4 rings (SSSR count). The molecule has 0 aliphatic carbocycles. The molecule has 0 radical (unpaired) electrons. The van der Waals surface area contributed by atoms with Crippen LogP contribution >= 0.6 is 0 Å². The maximum atomic E-state index is 15.3. The summed E-state index contributed by atoms with van der Waals surface area (Å²) in [6.45, 7) is 3.01. The van der Waals surface area contributed by atoms with E-state index in [1.165, 1.54) is 16.9 Å². The lowest BCUT2D eigenvalue weighted by Gasteiger charge is -2.25. The summed E-state index contributed by atoms with van der Waals surface area (Å²) in [5.41, 5.74) is 6.12. The standard InChI is InChI=1S/C21H21F2N5O/c1-2-9-27(10-8-24)20-16(22)11-14-18-15(12-25-19(14)17(20)23)21(29)28(26-18)13-6-4-3-5-7-13/h3-7,11-12,26H,2,8-10,24H2,1H3. The first-order valence-electron chi connectivity index (χ1n) is 9.48. The third kappa shape index (κ3) is 3.15. The molecule has 0 amide bonds. The Balaban J connectivity index is 1.97. The van der Waals surface area contributed by atoms with Gasteiger partial charge >= 0.3 is 0 Å². The number of pyridine rings is 1. The monoisotopic (exact) mass is 397 g/mol. The molecule has 0 atom stereocenters. The van der Waals surface area contributed by atoms with Crippen molar-refractivity contribution in [2.45, 2.75) is 13.3 Å². The largest absolute Gasteiger partial charge is 0.365 e. The molecule has 4 aromatic rings. The molecule has 0 spiro atoms. The summed E-state index contributed by atoms with van der Waals surface area (Å²) in [4.78, 5) is 18.5. The van der Waals surface area contributed by atoms with Crippen molar-refractivity contribution in [1.82, 2.24) is 14.8 Å². The third-order valence-electron chi connectivity index (χ3n) is 4.91. The smallest absolute Gasteiger partial charge is 0.280 e. The molecule has 0 saturated heterocycles. The first kappa shape index (κ1) is 19.1. The van der Waals surface area contributed by atoms with Crippen LogP contribution in [0, 0.1) is 11.6 Å². The molecule has 6 nitrogen and oxygen atoms in total. The van der Waals surface area contributed by atoms with Gasteiger partial charge in [0.05, 0.1) is 16.6 Å². The average Bonchev–Trinajstić information content (AvgIpc) is 3.06. The second-order valence-corrected chi connectivity index (χ2v) is 6.83. The lowest BCUT2D eigenvalue weighted by atomic mass is 10.1. The fourth-order valence-electron chi connectivity index (χ4n) is 3.63. The van der Waals surface area contributed by atoms with E-state index in [-0.39, 0.29) is 34.1 Å². The van der Waals surface area contributed by atoms with E-state index in [9.17, 15) is 9.18 Å². The van der Waals surface area contributed by atoms with Crippen LogP contribution < -0.4 is 16.2 Å². The second kappa shape index (κ2) is 7.63. The molecule has 8 heteroatoms. The summed E-state index contributed by atoms with van der Waals surface area (Å²) in [5.74, 6) is -1.46. The summed E-state index contributed by atoms with van der Waals surface area (Å²) >= 11 is 0. The number of nitrogens with two attached hydrogens (primary N) is 1. The van der Waals surface area contributed by atoms with Gasteiger partial charge in [-0.3, -0.25) is 14.9 Å². The van der Waals surface area contributed by atoms with Crippen molar-refractivity contribution in [1.29, 1.82) is 0 Å². The number of anilines is 1. The number of hydrogen-bond acceptors (Lipinski definition) is 4. The van der Waals surface area contributed by atoms with Crippen LogP contribution in [0.3, 0.4) is 0 Å². The highest BCUT2D eigenvalue weighted by molar-refractivity contribution is 6.04. The van der Waals surface area contributed by atoms with Crippen LogP contribution in [0.25, 0.3) is 27.5 Å². The molecule has 29 heavy (non-hydrogen) atoms. The predicted molar refractivity (Wildman–Crippen MR) is 111 cm³/mol. The zero-order chi connectivity index (χ0) is 20.5. The van der Waals surface area contributed by atoms with Gasteiger partial charge in [0.15, 0.2) is 5.82 Å². The fourth-order valence-corrected chi connectivity index (χ4v) is 3.63. The molecular weight excluding hydrogens is 376 g/mol. The van der Waals surface area contributed by atoms with Crippen LogP contribution in [0.4, 0.5) is 14.5 Å². The van der Waals surface area contributed by atoms with Gasteiger partial charge in [0.25, 0.3) is 5.56 Å². The summed E-state index contributed by atoms with van der Waals surface area (Å²) in [5, 5.41) is 3.46. The van der Waals surface area contributed by atoms with Gasteiger partial charge < -0.3 is 10.6 Å². The zero-order valence-electron chi connectivity index (χ0n) is 16.0. The highest BCUT2D eigenvalue weighted by Crippen LogP contribution is 2.32. The number of hydrogen-bond donors (Lipinski definition) is 2. The molecule has 2 heterocycles. The van der Waals surface area contributed by atoms with Gasteiger partial charge in [-0.1, -0.05) is 25.1 Å². The van der Waals surface area contributed by atoms with Crippen molar-refractivity contribution in [3.63, 3.8) is 0 Å². The molecule has 0 fully saturated rings. The van der Waals surface area contributed by atoms with Gasteiger partial charge in [0.1, 0.15) is 17.0 Å². The first-order valence-corrected chi connectivity index (χ1v) is 9.48. The number of fused-ring (bicyclic) bond motifs is 3. The van der Waals surface area contributed by atoms with Crippen molar-refractivity contribution >= 4 is 27.5 Å². The maximum absolute atomic E-state index is 15.3. The van der Waals surface area contributed by atoms with Gasteiger partial charge in [-0.15, -0.1) is 0 Å². The Hall–Kier alpha value is -3.26. The molecule has 3 N–H and O–H groups in total. The lowest BCUT2D eigenvalue weighted by Crippen LogP contribution is -2.31. The molecule has 2 aromatic heterocycles. The van der Waals surface area contributed by atoms with Crippen molar-refractivity contribution in [2.75, 3.05) is 24.5 Å². The van der Waals surface area contributed by atoms with E-state index in [0.29, 0.717) is 24.3 Å². The van der Waals surface area contributed by atoms with E-state index >= 15 is 4.39 Å². The van der Waals surface area contributed by atoms with Gasteiger partial charge in [-0.2, -0.15) is 0 Å². The Labute approximate surface area is 165 Å². The van der Waals surface area contributed by atoms with Crippen molar-refractivity contribution in [3.05, 3.63) is 64.6 Å². The molecule has 2 aromatic carbocycles. The van der Waals surface area contributed by atoms with Crippen LogP contribution in [-0.4, -0.2) is 34.4 Å². The van der Waals surface area contributed by atoms with E-state index < -0.39 is 11.6 Å². The number of nitrogens with one attached hydrogen (secondary N) is 1. The Morgan fingerprint density at radius 1 is 1.17 bits per heavy atom. The molecule has 0 saturated carbocycles. The Bertz CT molecular complexity index is 1230. The quantitative estimate of drug-likeness (QED) is 0.523. The molecule has 0 aliphatic rings. The van der Waals surface area contributed by atoms with Gasteiger partial charge in [0, 0.05) is 31.2 Å². The van der Waals surface area contributed by atoms with E-state index in [1.54, 1.807) is 29.2 Å². The minimum absolute atomic E-state index is 0.00786. The summed E-state index contributed by atoms with van der Waals surface area (Å²) in [7, 11) is 0. The summed E-state index contributed by atoms with van der Waals surface area (Å²) in [6, 6.07) is 10.2. The van der Waals surface area contributed by atoms with Crippen molar-refractivity contribution in [3.8, 4) is 5.69 Å². The number of aromatic nitrogens is 3. The molecular formula is C21H21F2N5O.